The van der Waals surface area contributed by atoms with E-state index in [1.807, 2.05) is 54.3 Å². The fourth-order valence-electron chi connectivity index (χ4n) is 10.2. The van der Waals surface area contributed by atoms with Crippen molar-refractivity contribution in [3.05, 3.63) is 118 Å². The number of piperazine rings is 1. The number of hydrogen-bond donors (Lipinski definition) is 5. The Hall–Kier alpha value is -7.56. The molecule has 0 aliphatic carbocycles. The number of phenols is 1. The summed E-state index contributed by atoms with van der Waals surface area (Å²) in [5, 5.41) is 37.0. The van der Waals surface area contributed by atoms with Gasteiger partial charge in [0.1, 0.15) is 41.1 Å². The fourth-order valence-corrected chi connectivity index (χ4v) is 11.3. The van der Waals surface area contributed by atoms with Crippen LogP contribution >= 0.6 is 22.9 Å². The Balaban J connectivity index is 0.824. The van der Waals surface area contributed by atoms with Gasteiger partial charge in [-0.3, -0.25) is 24.5 Å². The van der Waals surface area contributed by atoms with E-state index in [4.69, 9.17) is 30.6 Å². The average Bonchev–Trinajstić information content (AvgIpc) is 4.29. The lowest BCUT2D eigenvalue weighted by Crippen LogP contribution is -2.48. The molecule has 22 heteroatoms. The number of carbonyl (C=O) groups is 4. The lowest BCUT2D eigenvalue weighted by atomic mass is 9.83. The molecule has 4 aromatic carbocycles. The highest BCUT2D eigenvalue weighted by Crippen LogP contribution is 2.43. The number of phenolic OH excluding ortho intramolecular Hbond substituents is 1. The lowest BCUT2D eigenvalue weighted by Gasteiger charge is -2.35. The van der Waals surface area contributed by atoms with Crippen LogP contribution < -0.4 is 25.6 Å². The van der Waals surface area contributed by atoms with Crippen molar-refractivity contribution in [2.24, 2.45) is 5.92 Å². The van der Waals surface area contributed by atoms with Gasteiger partial charge in [0.25, 0.3) is 0 Å². The molecule has 420 valence electrons. The largest absolute Gasteiger partial charge is 0.508 e. The highest BCUT2D eigenvalue weighted by molar-refractivity contribution is 7.13. The number of aromatic hydroxyl groups is 1. The number of nitrogens with zero attached hydrogens (tertiary/aromatic N) is 7. The van der Waals surface area contributed by atoms with E-state index in [9.17, 15) is 29.4 Å². The van der Waals surface area contributed by atoms with Crippen LogP contribution in [0.1, 0.15) is 54.8 Å². The van der Waals surface area contributed by atoms with Crippen molar-refractivity contribution in [2.75, 3.05) is 82.9 Å². The number of fused-ring (bicyclic) bond motifs is 2. The van der Waals surface area contributed by atoms with Crippen LogP contribution in [0.15, 0.2) is 89.4 Å². The number of aliphatic hydroxyl groups is 1. The third-order valence-corrected chi connectivity index (χ3v) is 15.9. The first-order chi connectivity index (χ1) is 38.6. The molecular weight excluding hydrogens is 1070 g/mol. The number of aryl methyl sites for hydroxylation is 2. The third-order valence-electron chi connectivity index (χ3n) is 14.6. The second-order valence-electron chi connectivity index (χ2n) is 20.1. The maximum Gasteiger partial charge on any atom is 0.246 e. The molecule has 2 fully saturated rings. The predicted octanol–water partition coefficient (Wildman–Crippen LogP) is 7.59. The summed E-state index contributed by atoms with van der Waals surface area (Å²) in [4.78, 5) is 72.6. The summed E-state index contributed by atoms with van der Waals surface area (Å²) in [6, 6.07) is 18.9. The van der Waals surface area contributed by atoms with E-state index in [0.29, 0.717) is 83.7 Å². The molecule has 2 aliphatic heterocycles. The van der Waals surface area contributed by atoms with Crippen LogP contribution in [0.25, 0.3) is 43.2 Å². The summed E-state index contributed by atoms with van der Waals surface area (Å²) >= 11 is 8.40. The van der Waals surface area contributed by atoms with Gasteiger partial charge >= 0.3 is 0 Å². The van der Waals surface area contributed by atoms with E-state index in [2.05, 4.69) is 37.7 Å². The minimum atomic E-state index is -1.08. The number of nitrogens with one attached hydrogen (secondary N) is 3. The number of rotatable bonds is 22. The zero-order valence-electron chi connectivity index (χ0n) is 45.0. The molecular formula is C58H64ClFN10O9S. The Kier molecular flexibility index (Phi) is 18.4. The first-order valence-electron chi connectivity index (χ1n) is 26.6. The van der Waals surface area contributed by atoms with Crippen molar-refractivity contribution in [1.29, 1.82) is 0 Å². The zero-order chi connectivity index (χ0) is 56.6. The fraction of sp³-hybridized carbons (Fsp3) is 0.379. The summed E-state index contributed by atoms with van der Waals surface area (Å²) in [5.74, 6) is -2.65. The van der Waals surface area contributed by atoms with E-state index < -0.39 is 41.6 Å². The van der Waals surface area contributed by atoms with E-state index >= 15 is 4.39 Å². The van der Waals surface area contributed by atoms with Crippen molar-refractivity contribution in [3.8, 4) is 33.1 Å². The molecule has 9 rings (SSSR count). The topological polar surface area (TPSA) is 238 Å². The van der Waals surface area contributed by atoms with Crippen LogP contribution in [-0.2, 0) is 30.3 Å². The molecule has 0 radical (unpaired) electrons. The lowest BCUT2D eigenvalue weighted by molar-refractivity contribution is -0.134. The van der Waals surface area contributed by atoms with Gasteiger partial charge in [-0.2, -0.15) is 4.98 Å². The van der Waals surface area contributed by atoms with Gasteiger partial charge in [0.15, 0.2) is 5.82 Å². The van der Waals surface area contributed by atoms with Gasteiger partial charge in [0.05, 0.1) is 52.2 Å². The molecule has 2 saturated heterocycles. The molecule has 4 atom stereocenters. The maximum atomic E-state index is 17.1. The third kappa shape index (κ3) is 13.0. The number of aliphatic hydroxyl groups excluding tert-OH is 1. The Bertz CT molecular complexity index is 3420. The van der Waals surface area contributed by atoms with Gasteiger partial charge in [-0.1, -0.05) is 66.7 Å². The molecule has 5 N–H and O–H groups in total. The number of imide groups is 1. The van der Waals surface area contributed by atoms with Crippen LogP contribution in [-0.4, -0.2) is 149 Å². The first kappa shape index (κ1) is 57.1. The number of amides is 4. The molecule has 3 aromatic heterocycles. The SMILES string of the molecule is C=CC(=O)N1CCN(c2nc(NCCC(=O)N(C)CCOCCOc3cc(-c4scnc4C)ccc3CC(O)C(C)C(C(=O)NC(=O)[C@@H]3CCCN3)c3cc(C)no3)nc3c(F)c(-c4cc(O)cc5ccccc45)c(Cl)cc23)CC1. The standard InChI is InChI=1S/C58H64ClFN10O9S/c1-6-48(73)69-18-20-70(21-19-69)55-42-31-43(59)51(41-30-39(71)27-36-10-7-8-11-40(36)41)52(60)53(42)64-58(65-55)62-17-15-49(74)68(5)22-23-77-24-25-78-46-29-38(54-35(4)63-32-80-54)14-13-37(46)28-45(72)34(3)50(47-26-33(2)67-79-47)57(76)66-56(75)44-12-9-16-61-44/h6-8,10-11,13-14,26-27,29-32,34,44-45,50,61,71-72H,1,9,12,15-25,28H2,2-5H3,(H,62,64,65)(H,66,75,76)/t34?,44-,45?,50?/m0/s1. The molecule has 2 aliphatic rings. The van der Waals surface area contributed by atoms with Gasteiger partial charge in [-0.25, -0.2) is 14.4 Å². The monoisotopic (exact) mass is 1130 g/mol. The van der Waals surface area contributed by atoms with Gasteiger partial charge in [-0.15, -0.1) is 11.3 Å². The van der Waals surface area contributed by atoms with Crippen molar-refractivity contribution in [1.82, 2.24) is 40.5 Å². The highest BCUT2D eigenvalue weighted by atomic mass is 35.5. The summed E-state index contributed by atoms with van der Waals surface area (Å²) in [7, 11) is 1.67. The number of benzene rings is 4. The van der Waals surface area contributed by atoms with Crippen LogP contribution in [0.5, 0.6) is 11.5 Å². The zero-order valence-corrected chi connectivity index (χ0v) is 46.5. The molecule has 0 bridgehead atoms. The maximum absolute atomic E-state index is 17.1. The Morgan fingerprint density at radius 3 is 2.56 bits per heavy atom. The minimum Gasteiger partial charge on any atom is -0.508 e. The molecule has 7 aromatic rings. The van der Waals surface area contributed by atoms with Crippen LogP contribution in [0, 0.1) is 25.6 Å². The average molecular weight is 1130 g/mol. The number of halogens is 2. The van der Waals surface area contributed by atoms with Gasteiger partial charge in [0, 0.05) is 82.1 Å². The van der Waals surface area contributed by atoms with Gasteiger partial charge in [0.2, 0.25) is 29.6 Å². The number of likely N-dealkylation sites (N-methyl/N-ethyl adjacent to an activating group) is 1. The number of ether oxygens (including phenoxy) is 2. The van der Waals surface area contributed by atoms with Crippen molar-refractivity contribution >= 4 is 80.0 Å². The summed E-state index contributed by atoms with van der Waals surface area (Å²) < 4.78 is 34.9. The van der Waals surface area contributed by atoms with E-state index in [0.717, 1.165) is 22.6 Å². The predicted molar refractivity (Wildman–Crippen MR) is 304 cm³/mol. The van der Waals surface area contributed by atoms with Crippen LogP contribution in [0.2, 0.25) is 5.02 Å². The van der Waals surface area contributed by atoms with Crippen LogP contribution in [0.3, 0.4) is 0 Å². The minimum absolute atomic E-state index is 0.0136. The van der Waals surface area contributed by atoms with E-state index in [1.165, 1.54) is 23.5 Å². The Morgan fingerprint density at radius 1 is 1.04 bits per heavy atom. The van der Waals surface area contributed by atoms with Crippen molar-refractivity contribution < 1.29 is 47.8 Å². The van der Waals surface area contributed by atoms with Gasteiger partial charge < -0.3 is 49.5 Å². The summed E-state index contributed by atoms with van der Waals surface area (Å²) in [6.07, 6.45) is 1.79. The molecule has 80 heavy (non-hydrogen) atoms. The van der Waals surface area contributed by atoms with E-state index in [-0.39, 0.29) is 91.1 Å². The normalized spacial score (nSPS) is 15.7. The summed E-state index contributed by atoms with van der Waals surface area (Å²) in [5.41, 5.74) is 5.19. The number of carbonyl (C=O) groups excluding carboxylic acids is 4. The molecule has 0 spiro atoms. The first-order valence-corrected chi connectivity index (χ1v) is 27.8. The smallest absolute Gasteiger partial charge is 0.246 e. The van der Waals surface area contributed by atoms with Crippen LogP contribution in [0.4, 0.5) is 16.2 Å². The summed E-state index contributed by atoms with van der Waals surface area (Å²) in [6.45, 7) is 12.1. The van der Waals surface area contributed by atoms with Crippen molar-refractivity contribution in [3.63, 3.8) is 0 Å². The number of aromatic nitrogens is 4. The molecule has 5 heterocycles. The molecule has 19 nitrogen and oxygen atoms in total. The Labute approximate surface area is 471 Å². The number of hydrogen-bond acceptors (Lipinski definition) is 17. The molecule has 4 amide bonds. The molecule has 0 saturated carbocycles. The van der Waals surface area contributed by atoms with Gasteiger partial charge in [-0.05, 0) is 91.0 Å². The second-order valence-corrected chi connectivity index (χ2v) is 21.3. The number of anilines is 2. The van der Waals surface area contributed by atoms with E-state index in [1.54, 1.807) is 54.4 Å². The number of thiazole rings is 1. The molecule has 3 unspecified atom stereocenters. The van der Waals surface area contributed by atoms with Crippen molar-refractivity contribution in [2.45, 2.75) is 64.5 Å². The Morgan fingerprint density at radius 2 is 1.84 bits per heavy atom. The quantitative estimate of drug-likeness (QED) is 0.0325. The highest BCUT2D eigenvalue weighted by Gasteiger charge is 2.37. The second kappa shape index (κ2) is 25.7.